The number of likely N-dealkylation sites (N-methyl/N-ethyl adjacent to an activating group) is 1. The summed E-state index contributed by atoms with van der Waals surface area (Å²) in [6, 6.07) is 6.01. The second kappa shape index (κ2) is 3.94. The first-order chi connectivity index (χ1) is 7.74. The Bertz CT molecular complexity index is 407. The number of benzene rings is 1. The molecule has 1 aromatic rings. The highest BCUT2D eigenvalue weighted by Crippen LogP contribution is 2.41. The summed E-state index contributed by atoms with van der Waals surface area (Å²) in [7, 11) is 2.19. The average molecular weight is 238 g/mol. The molecule has 1 aromatic carbocycles. The number of hydrogen-bond donors (Lipinski definition) is 0. The summed E-state index contributed by atoms with van der Waals surface area (Å²) < 4.78 is 5.80. The van der Waals surface area contributed by atoms with Gasteiger partial charge in [-0.05, 0) is 37.6 Å². The third-order valence-corrected chi connectivity index (χ3v) is 3.98. The molecule has 0 bridgehead atoms. The maximum Gasteiger partial charge on any atom is 0.122 e. The van der Waals surface area contributed by atoms with Crippen LogP contribution in [0.1, 0.15) is 17.9 Å². The van der Waals surface area contributed by atoms with E-state index in [1.54, 1.807) is 0 Å². The van der Waals surface area contributed by atoms with Crippen molar-refractivity contribution in [2.75, 3.05) is 26.7 Å². The molecule has 2 aliphatic heterocycles. The lowest BCUT2D eigenvalue weighted by Crippen LogP contribution is -2.15. The van der Waals surface area contributed by atoms with Crippen molar-refractivity contribution in [3.63, 3.8) is 0 Å². The molecule has 2 nitrogen and oxygen atoms in total. The van der Waals surface area contributed by atoms with Gasteiger partial charge in [0.25, 0.3) is 0 Å². The Hall–Kier alpha value is -0.730. The number of likely N-dealkylation sites (tertiary alicyclic amines) is 1. The van der Waals surface area contributed by atoms with E-state index in [0.29, 0.717) is 5.92 Å². The van der Waals surface area contributed by atoms with Crippen LogP contribution in [0.25, 0.3) is 0 Å². The first kappa shape index (κ1) is 10.4. The first-order valence-corrected chi connectivity index (χ1v) is 6.22. The predicted molar refractivity (Wildman–Crippen MR) is 65.3 cm³/mol. The Morgan fingerprint density at radius 1 is 1.38 bits per heavy atom. The maximum absolute atomic E-state index is 6.09. The highest BCUT2D eigenvalue weighted by Gasteiger charge is 2.35. The fourth-order valence-electron chi connectivity index (χ4n) is 2.99. The summed E-state index contributed by atoms with van der Waals surface area (Å²) in [5, 5.41) is 0.817. The molecule has 0 aliphatic carbocycles. The molecule has 2 atom stereocenters. The predicted octanol–water partition coefficient (Wildman–Crippen LogP) is 2.77. The molecule has 3 heteroatoms. The molecular weight excluding hydrogens is 222 g/mol. The lowest BCUT2D eigenvalue weighted by molar-refractivity contribution is 0.286. The number of hydrogen-bond acceptors (Lipinski definition) is 2. The zero-order valence-corrected chi connectivity index (χ0v) is 10.2. The Morgan fingerprint density at radius 2 is 2.25 bits per heavy atom. The van der Waals surface area contributed by atoms with Gasteiger partial charge in [0.1, 0.15) is 5.75 Å². The summed E-state index contributed by atoms with van der Waals surface area (Å²) in [4.78, 5) is 2.41. The molecule has 16 heavy (non-hydrogen) atoms. The van der Waals surface area contributed by atoms with Gasteiger partial charge in [-0.1, -0.05) is 11.6 Å². The van der Waals surface area contributed by atoms with Crippen molar-refractivity contribution < 1.29 is 4.74 Å². The number of nitrogens with zero attached hydrogens (tertiary/aromatic N) is 1. The lowest BCUT2D eigenvalue weighted by Gasteiger charge is -2.16. The van der Waals surface area contributed by atoms with Crippen LogP contribution in [0.3, 0.4) is 0 Å². The van der Waals surface area contributed by atoms with Crippen molar-refractivity contribution in [3.8, 4) is 5.75 Å². The van der Waals surface area contributed by atoms with Crippen LogP contribution in [0.2, 0.25) is 5.02 Å². The van der Waals surface area contributed by atoms with Gasteiger partial charge in [-0.15, -0.1) is 0 Å². The maximum atomic E-state index is 6.09. The minimum absolute atomic E-state index is 0.598. The van der Waals surface area contributed by atoms with Crippen LogP contribution in [0.4, 0.5) is 0 Å². The molecule has 0 unspecified atom stereocenters. The normalized spacial score (nSPS) is 29.1. The van der Waals surface area contributed by atoms with E-state index in [2.05, 4.69) is 18.0 Å². The zero-order chi connectivity index (χ0) is 11.1. The fraction of sp³-hybridized carbons (Fsp3) is 0.538. The van der Waals surface area contributed by atoms with Gasteiger partial charge in [0.2, 0.25) is 0 Å². The Labute approximate surface area is 101 Å². The van der Waals surface area contributed by atoms with E-state index in [1.165, 1.54) is 12.1 Å². The lowest BCUT2D eigenvalue weighted by atomic mass is 9.87. The quantitative estimate of drug-likeness (QED) is 0.688. The van der Waals surface area contributed by atoms with Crippen molar-refractivity contribution >= 4 is 11.6 Å². The zero-order valence-electron chi connectivity index (χ0n) is 9.45. The van der Waals surface area contributed by atoms with Gasteiger partial charge in [-0.25, -0.2) is 0 Å². The van der Waals surface area contributed by atoms with Crippen LogP contribution in [-0.2, 0) is 0 Å². The molecule has 1 fully saturated rings. The molecule has 0 amide bonds. The largest absolute Gasteiger partial charge is 0.493 e. The van der Waals surface area contributed by atoms with E-state index in [1.807, 2.05) is 12.1 Å². The molecule has 0 aromatic heterocycles. The first-order valence-electron chi connectivity index (χ1n) is 5.85. The van der Waals surface area contributed by atoms with Gasteiger partial charge in [0.15, 0.2) is 0 Å². The minimum Gasteiger partial charge on any atom is -0.493 e. The van der Waals surface area contributed by atoms with Crippen LogP contribution >= 0.6 is 11.6 Å². The molecule has 0 radical (unpaired) electrons. The summed E-state index contributed by atoms with van der Waals surface area (Å²) in [6.45, 7) is 3.14. The van der Waals surface area contributed by atoms with Gasteiger partial charge in [0.05, 0.1) is 6.61 Å². The minimum atomic E-state index is 0.598. The molecule has 3 rings (SSSR count). The van der Waals surface area contributed by atoms with Crippen molar-refractivity contribution in [2.45, 2.75) is 12.3 Å². The number of fused-ring (bicyclic) bond motifs is 3. The van der Waals surface area contributed by atoms with Gasteiger partial charge in [0, 0.05) is 29.6 Å². The summed E-state index contributed by atoms with van der Waals surface area (Å²) in [5.41, 5.74) is 1.30. The fourth-order valence-corrected chi connectivity index (χ4v) is 3.17. The van der Waals surface area contributed by atoms with Gasteiger partial charge < -0.3 is 9.64 Å². The smallest absolute Gasteiger partial charge is 0.122 e. The third-order valence-electron chi connectivity index (χ3n) is 3.74. The molecule has 0 saturated carbocycles. The Morgan fingerprint density at radius 3 is 3.12 bits per heavy atom. The molecular formula is C13H16ClNO. The van der Waals surface area contributed by atoms with Crippen molar-refractivity contribution in [1.29, 1.82) is 0 Å². The van der Waals surface area contributed by atoms with Crippen molar-refractivity contribution in [2.24, 2.45) is 5.92 Å². The highest BCUT2D eigenvalue weighted by atomic mass is 35.5. The van der Waals surface area contributed by atoms with Crippen LogP contribution in [0, 0.1) is 5.92 Å². The van der Waals surface area contributed by atoms with E-state index in [-0.39, 0.29) is 0 Å². The summed E-state index contributed by atoms with van der Waals surface area (Å²) in [5.74, 6) is 2.36. The van der Waals surface area contributed by atoms with Crippen LogP contribution < -0.4 is 4.74 Å². The highest BCUT2D eigenvalue weighted by molar-refractivity contribution is 6.30. The molecule has 86 valence electrons. The number of halogens is 1. The van der Waals surface area contributed by atoms with E-state index in [0.717, 1.165) is 36.3 Å². The van der Waals surface area contributed by atoms with E-state index >= 15 is 0 Å². The van der Waals surface area contributed by atoms with E-state index in [9.17, 15) is 0 Å². The van der Waals surface area contributed by atoms with E-state index in [4.69, 9.17) is 16.3 Å². The topological polar surface area (TPSA) is 12.5 Å². The molecule has 2 heterocycles. The second-order valence-corrected chi connectivity index (χ2v) is 5.34. The molecule has 1 saturated heterocycles. The van der Waals surface area contributed by atoms with Crippen LogP contribution in [-0.4, -0.2) is 31.6 Å². The SMILES string of the molecule is CN1C[C@@H]2CCOc3ccc(Cl)cc3[C@H]2C1. The van der Waals surface area contributed by atoms with Crippen molar-refractivity contribution in [1.82, 2.24) is 4.90 Å². The molecule has 2 aliphatic rings. The summed E-state index contributed by atoms with van der Waals surface area (Å²) in [6.07, 6.45) is 1.15. The number of ether oxygens (including phenoxy) is 1. The Balaban J connectivity index is 2.03. The van der Waals surface area contributed by atoms with Crippen molar-refractivity contribution in [3.05, 3.63) is 28.8 Å². The monoisotopic (exact) mass is 237 g/mol. The van der Waals surface area contributed by atoms with E-state index < -0.39 is 0 Å². The number of rotatable bonds is 0. The molecule has 0 spiro atoms. The van der Waals surface area contributed by atoms with Gasteiger partial charge in [-0.2, -0.15) is 0 Å². The van der Waals surface area contributed by atoms with Gasteiger partial charge >= 0.3 is 0 Å². The second-order valence-electron chi connectivity index (χ2n) is 4.91. The van der Waals surface area contributed by atoms with Crippen LogP contribution in [0.15, 0.2) is 18.2 Å². The average Bonchev–Trinajstić information content (AvgIpc) is 2.54. The molecule has 0 N–H and O–H groups in total. The summed E-state index contributed by atoms with van der Waals surface area (Å²) >= 11 is 6.09. The van der Waals surface area contributed by atoms with Crippen LogP contribution in [0.5, 0.6) is 5.75 Å². The standard InChI is InChI=1S/C13H16ClNO/c1-15-7-9-4-5-16-13-3-2-10(14)6-11(13)12(9)8-15/h2-3,6,9,12H,4-5,7-8H2,1H3/t9-,12-/m0/s1. The third kappa shape index (κ3) is 1.70. The Kier molecular flexibility index (Phi) is 2.56. The van der Waals surface area contributed by atoms with Gasteiger partial charge in [-0.3, -0.25) is 0 Å².